The van der Waals surface area contributed by atoms with Gasteiger partial charge in [0.1, 0.15) is 5.75 Å². The molecule has 2 amide bonds. The van der Waals surface area contributed by atoms with Crippen LogP contribution in [0.15, 0.2) is 48.5 Å². The second-order valence-corrected chi connectivity index (χ2v) is 6.86. The second kappa shape index (κ2) is 9.23. The molecule has 1 aliphatic rings. The van der Waals surface area contributed by atoms with Gasteiger partial charge in [0.05, 0.1) is 12.5 Å². The Labute approximate surface area is 169 Å². The van der Waals surface area contributed by atoms with Gasteiger partial charge in [0.15, 0.2) is 6.61 Å². The molecule has 29 heavy (non-hydrogen) atoms. The summed E-state index contributed by atoms with van der Waals surface area (Å²) in [6.07, 6.45) is 0.0767. The molecule has 3 rings (SSSR count). The standard InChI is InChI=1S/C22H24N2O5/c1-3-28-19-9-7-17(8-10-19)23-20(25)14-29-22(27)16-12-21(26)24(13-16)18-6-4-5-15(2)11-18/h4-11,16H,3,12-14H2,1-2H3,(H,23,25)/t16-/m1/s1. The number of anilines is 2. The number of carbonyl (C=O) groups is 3. The summed E-state index contributed by atoms with van der Waals surface area (Å²) in [5.74, 6) is -0.989. The van der Waals surface area contributed by atoms with Crippen LogP contribution in [-0.2, 0) is 19.1 Å². The molecule has 1 aliphatic heterocycles. The predicted molar refractivity (Wildman–Crippen MR) is 109 cm³/mol. The third-order valence-corrected chi connectivity index (χ3v) is 4.57. The number of ether oxygens (including phenoxy) is 2. The third kappa shape index (κ3) is 5.34. The molecule has 152 valence electrons. The number of nitrogens with zero attached hydrogens (tertiary/aromatic N) is 1. The molecule has 7 nitrogen and oxygen atoms in total. The second-order valence-electron chi connectivity index (χ2n) is 6.86. The summed E-state index contributed by atoms with van der Waals surface area (Å²) >= 11 is 0. The Morgan fingerprint density at radius 3 is 2.62 bits per heavy atom. The Morgan fingerprint density at radius 1 is 1.17 bits per heavy atom. The minimum absolute atomic E-state index is 0.0767. The van der Waals surface area contributed by atoms with Gasteiger partial charge in [-0.2, -0.15) is 0 Å². The molecule has 0 unspecified atom stereocenters. The average Bonchev–Trinajstić information content (AvgIpc) is 3.10. The van der Waals surface area contributed by atoms with Gasteiger partial charge in [-0.05, 0) is 55.8 Å². The summed E-state index contributed by atoms with van der Waals surface area (Å²) in [5, 5.41) is 2.66. The van der Waals surface area contributed by atoms with E-state index in [9.17, 15) is 14.4 Å². The number of esters is 1. The van der Waals surface area contributed by atoms with Crippen LogP contribution in [0.2, 0.25) is 0 Å². The topological polar surface area (TPSA) is 84.9 Å². The lowest BCUT2D eigenvalue weighted by molar-refractivity contribution is -0.151. The van der Waals surface area contributed by atoms with Gasteiger partial charge in [0, 0.05) is 24.3 Å². The number of hydrogen-bond donors (Lipinski definition) is 1. The van der Waals surface area contributed by atoms with Crippen LogP contribution in [0.3, 0.4) is 0 Å². The quantitative estimate of drug-likeness (QED) is 0.728. The first kappa shape index (κ1) is 20.4. The van der Waals surface area contributed by atoms with Crippen molar-refractivity contribution in [3.05, 3.63) is 54.1 Å². The van der Waals surface area contributed by atoms with Crippen LogP contribution >= 0.6 is 0 Å². The van der Waals surface area contributed by atoms with Gasteiger partial charge in [0.2, 0.25) is 5.91 Å². The molecule has 7 heteroatoms. The van der Waals surface area contributed by atoms with Gasteiger partial charge in [-0.25, -0.2) is 0 Å². The van der Waals surface area contributed by atoms with Crippen LogP contribution in [0.4, 0.5) is 11.4 Å². The first-order valence-electron chi connectivity index (χ1n) is 9.52. The molecule has 1 N–H and O–H groups in total. The lowest BCUT2D eigenvalue weighted by Crippen LogP contribution is -2.28. The van der Waals surface area contributed by atoms with E-state index in [2.05, 4.69) is 5.32 Å². The first-order valence-corrected chi connectivity index (χ1v) is 9.52. The van der Waals surface area contributed by atoms with Crippen LogP contribution in [0.5, 0.6) is 5.75 Å². The molecule has 1 fully saturated rings. The van der Waals surface area contributed by atoms with E-state index in [0.717, 1.165) is 11.3 Å². The molecule has 2 aromatic rings. The SMILES string of the molecule is CCOc1ccc(NC(=O)COC(=O)[C@@H]2CC(=O)N(c3cccc(C)c3)C2)cc1. The molecule has 1 atom stereocenters. The van der Waals surface area contributed by atoms with Crippen molar-refractivity contribution in [3.8, 4) is 5.75 Å². The van der Waals surface area contributed by atoms with Crippen LogP contribution in [0.1, 0.15) is 18.9 Å². The maximum Gasteiger partial charge on any atom is 0.311 e. The van der Waals surface area contributed by atoms with E-state index in [0.29, 0.717) is 18.0 Å². The fourth-order valence-corrected chi connectivity index (χ4v) is 3.16. The van der Waals surface area contributed by atoms with Crippen molar-refractivity contribution in [1.29, 1.82) is 0 Å². The number of carbonyl (C=O) groups excluding carboxylic acids is 3. The smallest absolute Gasteiger partial charge is 0.311 e. The van der Waals surface area contributed by atoms with Gasteiger partial charge in [0.25, 0.3) is 5.91 Å². The average molecular weight is 396 g/mol. The molecular weight excluding hydrogens is 372 g/mol. The fourth-order valence-electron chi connectivity index (χ4n) is 3.16. The molecule has 0 aromatic heterocycles. The van der Waals surface area contributed by atoms with Crippen LogP contribution in [0, 0.1) is 12.8 Å². The zero-order valence-electron chi connectivity index (χ0n) is 16.5. The fraction of sp³-hybridized carbons (Fsp3) is 0.318. The monoisotopic (exact) mass is 396 g/mol. The third-order valence-electron chi connectivity index (χ3n) is 4.57. The number of rotatable bonds is 7. The van der Waals surface area contributed by atoms with E-state index in [1.54, 1.807) is 29.2 Å². The lowest BCUT2D eigenvalue weighted by atomic mass is 10.1. The molecule has 0 bridgehead atoms. The van der Waals surface area contributed by atoms with Crippen molar-refractivity contribution < 1.29 is 23.9 Å². The summed E-state index contributed by atoms with van der Waals surface area (Å²) in [6.45, 7) is 4.25. The van der Waals surface area contributed by atoms with Crippen molar-refractivity contribution in [2.24, 2.45) is 5.92 Å². The highest BCUT2D eigenvalue weighted by Crippen LogP contribution is 2.26. The number of nitrogens with one attached hydrogen (secondary N) is 1. The maximum absolute atomic E-state index is 12.3. The van der Waals surface area contributed by atoms with Crippen molar-refractivity contribution in [3.63, 3.8) is 0 Å². The van der Waals surface area contributed by atoms with Gasteiger partial charge in [-0.15, -0.1) is 0 Å². The minimum atomic E-state index is -0.582. The molecule has 1 heterocycles. The summed E-state index contributed by atoms with van der Waals surface area (Å²) in [5.41, 5.74) is 2.38. The van der Waals surface area contributed by atoms with Gasteiger partial charge in [-0.3, -0.25) is 14.4 Å². The first-order chi connectivity index (χ1) is 14.0. The van der Waals surface area contributed by atoms with Gasteiger partial charge >= 0.3 is 5.97 Å². The van der Waals surface area contributed by atoms with Crippen LogP contribution in [0.25, 0.3) is 0 Å². The number of aryl methyl sites for hydroxylation is 1. The van der Waals surface area contributed by atoms with E-state index in [1.165, 1.54) is 0 Å². The highest BCUT2D eigenvalue weighted by atomic mass is 16.5. The van der Waals surface area contributed by atoms with Crippen molar-refractivity contribution in [1.82, 2.24) is 0 Å². The van der Waals surface area contributed by atoms with Crippen molar-refractivity contribution in [2.45, 2.75) is 20.3 Å². The number of amides is 2. The molecule has 2 aromatic carbocycles. The van der Waals surface area contributed by atoms with E-state index in [4.69, 9.17) is 9.47 Å². The highest BCUT2D eigenvalue weighted by Gasteiger charge is 2.36. The predicted octanol–water partition coefficient (Wildman–Crippen LogP) is 2.93. The molecule has 0 saturated carbocycles. The summed E-state index contributed by atoms with van der Waals surface area (Å²) in [6, 6.07) is 14.5. The lowest BCUT2D eigenvalue weighted by Gasteiger charge is -2.17. The van der Waals surface area contributed by atoms with Crippen molar-refractivity contribution in [2.75, 3.05) is 30.0 Å². The van der Waals surface area contributed by atoms with Crippen LogP contribution in [-0.4, -0.2) is 37.5 Å². The largest absolute Gasteiger partial charge is 0.494 e. The number of benzene rings is 2. The Balaban J connectivity index is 1.49. The Hall–Kier alpha value is -3.35. The molecule has 0 spiro atoms. The molecule has 0 radical (unpaired) electrons. The zero-order valence-corrected chi connectivity index (χ0v) is 16.5. The molecule has 0 aliphatic carbocycles. The number of hydrogen-bond acceptors (Lipinski definition) is 5. The van der Waals surface area contributed by atoms with E-state index in [-0.39, 0.29) is 18.9 Å². The van der Waals surface area contributed by atoms with E-state index < -0.39 is 24.4 Å². The maximum atomic E-state index is 12.3. The Kier molecular flexibility index (Phi) is 6.49. The van der Waals surface area contributed by atoms with E-state index in [1.807, 2.05) is 38.1 Å². The normalized spacial score (nSPS) is 15.9. The minimum Gasteiger partial charge on any atom is -0.494 e. The summed E-state index contributed by atoms with van der Waals surface area (Å²) in [4.78, 5) is 38.2. The Bertz CT molecular complexity index is 894. The Morgan fingerprint density at radius 2 is 1.93 bits per heavy atom. The summed E-state index contributed by atoms with van der Waals surface area (Å²) in [7, 11) is 0. The van der Waals surface area contributed by atoms with Gasteiger partial charge < -0.3 is 19.7 Å². The molecular formula is C22H24N2O5. The van der Waals surface area contributed by atoms with Gasteiger partial charge in [-0.1, -0.05) is 12.1 Å². The zero-order chi connectivity index (χ0) is 20.8. The summed E-state index contributed by atoms with van der Waals surface area (Å²) < 4.78 is 10.5. The van der Waals surface area contributed by atoms with Crippen LogP contribution < -0.4 is 15.0 Å². The molecule has 1 saturated heterocycles. The van der Waals surface area contributed by atoms with E-state index >= 15 is 0 Å². The highest BCUT2D eigenvalue weighted by molar-refractivity contribution is 6.00. The van der Waals surface area contributed by atoms with Crippen molar-refractivity contribution >= 4 is 29.2 Å².